The molecule has 3 aromatic carbocycles. The van der Waals surface area contributed by atoms with Gasteiger partial charge in [-0.1, -0.05) is 58.4 Å². The molecule has 3 nitrogen and oxygen atoms in total. The summed E-state index contributed by atoms with van der Waals surface area (Å²) in [6.45, 7) is 4.82. The quantitative estimate of drug-likeness (QED) is 0.529. The van der Waals surface area contributed by atoms with E-state index in [-0.39, 0.29) is 17.6 Å². The Bertz CT molecular complexity index is 1060. The molecule has 1 aliphatic heterocycles. The van der Waals surface area contributed by atoms with Gasteiger partial charge in [0.15, 0.2) is 0 Å². The highest BCUT2D eigenvalue weighted by molar-refractivity contribution is 9.10. The molecule has 4 rings (SSSR count). The molecule has 3 aromatic rings. The van der Waals surface area contributed by atoms with Crippen LogP contribution in [-0.4, -0.2) is 23.9 Å². The first kappa shape index (κ1) is 21.0. The molecule has 0 spiro atoms. The van der Waals surface area contributed by atoms with Crippen molar-refractivity contribution in [1.29, 1.82) is 0 Å². The summed E-state index contributed by atoms with van der Waals surface area (Å²) in [4.78, 5) is 15.0. The van der Waals surface area contributed by atoms with Gasteiger partial charge in [0, 0.05) is 23.5 Å². The number of carbonyl (C=O) groups excluding carboxylic acids is 1. The third kappa shape index (κ3) is 4.73. The molecular weight excluding hydrogens is 443 g/mol. The summed E-state index contributed by atoms with van der Waals surface area (Å²) in [5.41, 5.74) is 2.74. The zero-order valence-corrected chi connectivity index (χ0v) is 18.7. The number of nitrogens with zero attached hydrogens (tertiary/aromatic N) is 1. The molecule has 1 saturated heterocycles. The molecule has 0 aromatic heterocycles. The van der Waals surface area contributed by atoms with Crippen molar-refractivity contribution in [1.82, 2.24) is 10.2 Å². The Hall–Kier alpha value is -2.24. The third-order valence-electron chi connectivity index (χ3n) is 6.01. The van der Waals surface area contributed by atoms with Crippen LogP contribution >= 0.6 is 15.9 Å². The normalized spacial score (nSPS) is 15.4. The van der Waals surface area contributed by atoms with Gasteiger partial charge < -0.3 is 5.32 Å². The predicted molar refractivity (Wildman–Crippen MR) is 123 cm³/mol. The number of piperidine rings is 1. The first-order chi connectivity index (χ1) is 14.5. The average Bonchev–Trinajstić information content (AvgIpc) is 2.76. The minimum Gasteiger partial charge on any atom is -0.352 e. The van der Waals surface area contributed by atoms with Crippen molar-refractivity contribution in [3.8, 4) is 0 Å². The Labute approximate surface area is 185 Å². The minimum atomic E-state index is -0.226. The summed E-state index contributed by atoms with van der Waals surface area (Å²) in [5, 5.41) is 5.49. The number of amides is 1. The van der Waals surface area contributed by atoms with E-state index < -0.39 is 0 Å². The van der Waals surface area contributed by atoms with Gasteiger partial charge in [0.25, 0.3) is 0 Å². The number of fused-ring (bicyclic) bond motifs is 1. The molecule has 0 radical (unpaired) electrons. The molecule has 1 aliphatic rings. The third-order valence-corrected chi connectivity index (χ3v) is 6.71. The van der Waals surface area contributed by atoms with E-state index in [9.17, 15) is 9.18 Å². The number of hydrogen-bond acceptors (Lipinski definition) is 2. The molecule has 0 aliphatic carbocycles. The Kier molecular flexibility index (Phi) is 6.49. The van der Waals surface area contributed by atoms with Crippen LogP contribution in [0.1, 0.15) is 29.5 Å². The molecule has 1 heterocycles. The van der Waals surface area contributed by atoms with Crippen molar-refractivity contribution in [2.24, 2.45) is 5.92 Å². The number of likely N-dealkylation sites (tertiary alicyclic amines) is 1. The molecule has 0 atom stereocenters. The molecule has 0 saturated carbocycles. The van der Waals surface area contributed by atoms with Crippen molar-refractivity contribution >= 4 is 32.6 Å². The van der Waals surface area contributed by atoms with Crippen molar-refractivity contribution in [3.63, 3.8) is 0 Å². The molecule has 30 heavy (non-hydrogen) atoms. The van der Waals surface area contributed by atoms with E-state index in [1.54, 1.807) is 13.0 Å². The first-order valence-corrected chi connectivity index (χ1v) is 11.2. The van der Waals surface area contributed by atoms with Crippen molar-refractivity contribution < 1.29 is 9.18 Å². The lowest BCUT2D eigenvalue weighted by Crippen LogP contribution is -2.40. The van der Waals surface area contributed by atoms with E-state index in [4.69, 9.17) is 0 Å². The number of carbonyl (C=O) groups is 1. The van der Waals surface area contributed by atoms with E-state index in [0.29, 0.717) is 12.1 Å². The van der Waals surface area contributed by atoms with Gasteiger partial charge in [-0.2, -0.15) is 0 Å². The van der Waals surface area contributed by atoms with Gasteiger partial charge in [-0.3, -0.25) is 9.69 Å². The van der Waals surface area contributed by atoms with E-state index in [2.05, 4.69) is 62.5 Å². The zero-order chi connectivity index (χ0) is 21.1. The standard InChI is InChI=1S/C25H26BrFN2O/c1-17-8-9-18(14-24(17)27)15-28-25(30)19-10-12-29(13-11-19)16-20-4-2-6-22-21(20)5-3-7-23(22)26/h2-9,14,19H,10-13,15-16H2,1H3,(H,28,30). The molecule has 5 heteroatoms. The van der Waals surface area contributed by atoms with Gasteiger partial charge in [-0.05, 0) is 72.5 Å². The SMILES string of the molecule is Cc1ccc(CNC(=O)C2CCN(Cc3cccc4c(Br)cccc34)CC2)cc1F. The van der Waals surface area contributed by atoms with Crippen LogP contribution in [0.4, 0.5) is 4.39 Å². The number of benzene rings is 3. The highest BCUT2D eigenvalue weighted by atomic mass is 79.9. The maximum absolute atomic E-state index is 13.7. The summed E-state index contributed by atoms with van der Waals surface area (Å²) in [6.07, 6.45) is 1.70. The maximum Gasteiger partial charge on any atom is 0.223 e. The predicted octanol–water partition coefficient (Wildman–Crippen LogP) is 5.58. The van der Waals surface area contributed by atoms with E-state index in [1.807, 2.05) is 6.07 Å². The monoisotopic (exact) mass is 468 g/mol. The first-order valence-electron chi connectivity index (χ1n) is 10.4. The zero-order valence-electron chi connectivity index (χ0n) is 17.1. The Morgan fingerprint density at radius 2 is 1.83 bits per heavy atom. The van der Waals surface area contributed by atoms with E-state index >= 15 is 0 Å². The second-order valence-corrected chi connectivity index (χ2v) is 8.96. The topological polar surface area (TPSA) is 32.3 Å². The fourth-order valence-corrected chi connectivity index (χ4v) is 4.65. The Morgan fingerprint density at radius 1 is 1.10 bits per heavy atom. The number of rotatable bonds is 5. The Morgan fingerprint density at radius 3 is 2.60 bits per heavy atom. The molecule has 1 fully saturated rings. The lowest BCUT2D eigenvalue weighted by Gasteiger charge is -2.31. The molecule has 1 amide bonds. The van der Waals surface area contributed by atoms with Gasteiger partial charge in [0.1, 0.15) is 5.82 Å². The van der Waals surface area contributed by atoms with Crippen LogP contribution in [0.3, 0.4) is 0 Å². The van der Waals surface area contributed by atoms with Crippen molar-refractivity contribution in [2.45, 2.75) is 32.9 Å². The molecule has 1 N–H and O–H groups in total. The highest BCUT2D eigenvalue weighted by Gasteiger charge is 2.25. The van der Waals surface area contributed by atoms with E-state index in [1.165, 1.54) is 22.4 Å². The van der Waals surface area contributed by atoms with Crippen LogP contribution in [0.2, 0.25) is 0 Å². The summed E-state index contributed by atoms with van der Waals surface area (Å²) in [7, 11) is 0. The number of halogens is 2. The molecule has 156 valence electrons. The molecular formula is C25H26BrFN2O. The second-order valence-electron chi connectivity index (χ2n) is 8.10. The number of aryl methyl sites for hydroxylation is 1. The van der Waals surface area contributed by atoms with Crippen LogP contribution in [0.5, 0.6) is 0 Å². The summed E-state index contributed by atoms with van der Waals surface area (Å²) in [5.74, 6) is -0.126. The largest absolute Gasteiger partial charge is 0.352 e. The summed E-state index contributed by atoms with van der Waals surface area (Å²) in [6, 6.07) is 17.9. The van der Waals surface area contributed by atoms with Gasteiger partial charge in [0.05, 0.1) is 0 Å². The molecule has 0 unspecified atom stereocenters. The fraction of sp³-hybridized carbons (Fsp3) is 0.320. The van der Waals surface area contributed by atoms with Crippen LogP contribution < -0.4 is 5.32 Å². The Balaban J connectivity index is 1.31. The van der Waals surface area contributed by atoms with Gasteiger partial charge in [-0.25, -0.2) is 4.39 Å². The van der Waals surface area contributed by atoms with E-state index in [0.717, 1.165) is 42.5 Å². The lowest BCUT2D eigenvalue weighted by atomic mass is 9.95. The van der Waals surface area contributed by atoms with Crippen LogP contribution in [-0.2, 0) is 17.9 Å². The second kappa shape index (κ2) is 9.27. The summed E-state index contributed by atoms with van der Waals surface area (Å²) < 4.78 is 14.8. The van der Waals surface area contributed by atoms with Crippen LogP contribution in [0, 0.1) is 18.7 Å². The summed E-state index contributed by atoms with van der Waals surface area (Å²) >= 11 is 3.64. The van der Waals surface area contributed by atoms with Crippen LogP contribution in [0.15, 0.2) is 59.1 Å². The van der Waals surface area contributed by atoms with Crippen molar-refractivity contribution in [3.05, 3.63) is 81.6 Å². The van der Waals surface area contributed by atoms with Gasteiger partial charge in [-0.15, -0.1) is 0 Å². The smallest absolute Gasteiger partial charge is 0.223 e. The highest BCUT2D eigenvalue weighted by Crippen LogP contribution is 2.28. The maximum atomic E-state index is 13.7. The fourth-order valence-electron chi connectivity index (χ4n) is 4.15. The lowest BCUT2D eigenvalue weighted by molar-refractivity contribution is -0.126. The average molecular weight is 469 g/mol. The number of hydrogen-bond donors (Lipinski definition) is 1. The van der Waals surface area contributed by atoms with Gasteiger partial charge in [0.2, 0.25) is 5.91 Å². The van der Waals surface area contributed by atoms with Gasteiger partial charge >= 0.3 is 0 Å². The minimum absolute atomic E-state index is 0.0261. The van der Waals surface area contributed by atoms with Crippen LogP contribution in [0.25, 0.3) is 10.8 Å². The molecule has 0 bridgehead atoms. The van der Waals surface area contributed by atoms with Crippen molar-refractivity contribution in [2.75, 3.05) is 13.1 Å². The number of nitrogens with one attached hydrogen (secondary N) is 1.